The number of benzene rings is 3. The van der Waals surface area contributed by atoms with Crippen LogP contribution in [0.3, 0.4) is 0 Å². The summed E-state index contributed by atoms with van der Waals surface area (Å²) in [6.07, 6.45) is 5.41. The highest BCUT2D eigenvalue weighted by atomic mass is 32.2. The van der Waals surface area contributed by atoms with E-state index in [9.17, 15) is 0 Å². The molecule has 0 amide bonds. The SMILES string of the molecule is C=CCCCN(CCC(Sc1ccccc1)Sc1ccccc1)Cc1ccccc1. The van der Waals surface area contributed by atoms with Gasteiger partial charge in [-0.05, 0) is 55.6 Å². The molecule has 1 nitrogen and oxygen atoms in total. The van der Waals surface area contributed by atoms with Gasteiger partial charge in [-0.3, -0.25) is 4.90 Å². The third-order valence-electron chi connectivity index (χ3n) is 4.83. The fourth-order valence-corrected chi connectivity index (χ4v) is 5.84. The van der Waals surface area contributed by atoms with E-state index in [0.29, 0.717) is 4.58 Å². The molecule has 0 spiro atoms. The van der Waals surface area contributed by atoms with Crippen LogP contribution < -0.4 is 0 Å². The summed E-state index contributed by atoms with van der Waals surface area (Å²) >= 11 is 3.96. The zero-order valence-corrected chi connectivity index (χ0v) is 19.2. The van der Waals surface area contributed by atoms with Gasteiger partial charge in [-0.25, -0.2) is 0 Å². The van der Waals surface area contributed by atoms with Crippen molar-refractivity contribution >= 4 is 23.5 Å². The van der Waals surface area contributed by atoms with Gasteiger partial charge < -0.3 is 0 Å². The monoisotopic (exact) mass is 433 g/mol. The Kier molecular flexibility index (Phi) is 10.1. The van der Waals surface area contributed by atoms with Crippen LogP contribution in [0.15, 0.2) is 113 Å². The molecule has 3 rings (SSSR count). The van der Waals surface area contributed by atoms with Gasteiger partial charge in [0.05, 0.1) is 4.58 Å². The van der Waals surface area contributed by atoms with Gasteiger partial charge in [0.15, 0.2) is 0 Å². The molecule has 3 aromatic carbocycles. The fourth-order valence-electron chi connectivity index (χ4n) is 3.30. The minimum Gasteiger partial charge on any atom is -0.299 e. The van der Waals surface area contributed by atoms with Crippen LogP contribution in [0.25, 0.3) is 0 Å². The average molecular weight is 434 g/mol. The summed E-state index contributed by atoms with van der Waals surface area (Å²) < 4.78 is 0.479. The number of thioether (sulfide) groups is 2. The Balaban J connectivity index is 1.65. The number of rotatable bonds is 13. The van der Waals surface area contributed by atoms with Gasteiger partial charge in [-0.15, -0.1) is 30.1 Å². The van der Waals surface area contributed by atoms with E-state index in [-0.39, 0.29) is 0 Å². The number of unbranched alkanes of at least 4 members (excludes halogenated alkanes) is 1. The second-order valence-electron chi connectivity index (χ2n) is 7.27. The standard InChI is InChI=1S/C27H31NS2/c1-2-3-13-21-28(23-24-14-7-4-8-15-24)22-20-27(29-25-16-9-5-10-17-25)30-26-18-11-6-12-19-26/h2,4-12,14-19,27H,1,3,13,20-23H2. The molecule has 156 valence electrons. The maximum atomic E-state index is 3.88. The van der Waals surface area contributed by atoms with Gasteiger partial charge >= 0.3 is 0 Å². The predicted octanol–water partition coefficient (Wildman–Crippen LogP) is 7.76. The molecule has 3 heteroatoms. The lowest BCUT2D eigenvalue weighted by atomic mass is 10.2. The predicted molar refractivity (Wildman–Crippen MR) is 134 cm³/mol. The van der Waals surface area contributed by atoms with Crippen molar-refractivity contribution < 1.29 is 0 Å². The first-order chi connectivity index (χ1) is 14.8. The first-order valence-corrected chi connectivity index (χ1v) is 12.4. The van der Waals surface area contributed by atoms with E-state index in [1.807, 2.05) is 29.6 Å². The van der Waals surface area contributed by atoms with E-state index >= 15 is 0 Å². The molecule has 0 saturated heterocycles. The Hall–Kier alpha value is -1.94. The average Bonchev–Trinajstić information content (AvgIpc) is 2.79. The molecular weight excluding hydrogens is 402 g/mol. The molecule has 0 aliphatic rings. The lowest BCUT2D eigenvalue weighted by molar-refractivity contribution is 0.263. The van der Waals surface area contributed by atoms with E-state index in [2.05, 4.69) is 102 Å². The summed E-state index contributed by atoms with van der Waals surface area (Å²) in [7, 11) is 0. The van der Waals surface area contributed by atoms with E-state index in [1.165, 1.54) is 21.8 Å². The van der Waals surface area contributed by atoms with Crippen LogP contribution in [-0.2, 0) is 6.54 Å². The highest BCUT2D eigenvalue weighted by molar-refractivity contribution is 8.17. The molecular formula is C27H31NS2. The van der Waals surface area contributed by atoms with Crippen LogP contribution >= 0.6 is 23.5 Å². The molecule has 0 aromatic heterocycles. The third-order valence-corrected chi connectivity index (χ3v) is 7.50. The van der Waals surface area contributed by atoms with Gasteiger partial charge in [0.1, 0.15) is 0 Å². The van der Waals surface area contributed by atoms with E-state index in [0.717, 1.165) is 32.5 Å². The number of hydrogen-bond acceptors (Lipinski definition) is 3. The maximum Gasteiger partial charge on any atom is 0.0609 e. The van der Waals surface area contributed by atoms with Crippen molar-refractivity contribution in [3.63, 3.8) is 0 Å². The molecule has 0 aliphatic carbocycles. The van der Waals surface area contributed by atoms with Crippen LogP contribution in [0.2, 0.25) is 0 Å². The Morgan fingerprint density at radius 3 is 1.80 bits per heavy atom. The van der Waals surface area contributed by atoms with Gasteiger partial charge in [0.25, 0.3) is 0 Å². The van der Waals surface area contributed by atoms with Crippen molar-refractivity contribution in [1.29, 1.82) is 0 Å². The minimum atomic E-state index is 0.479. The molecule has 0 unspecified atom stereocenters. The summed E-state index contributed by atoms with van der Waals surface area (Å²) in [5.41, 5.74) is 1.39. The molecule has 0 fully saturated rings. The van der Waals surface area contributed by atoms with E-state index < -0.39 is 0 Å². The lowest BCUT2D eigenvalue weighted by Gasteiger charge is -2.25. The smallest absolute Gasteiger partial charge is 0.0609 e. The molecule has 30 heavy (non-hydrogen) atoms. The Morgan fingerprint density at radius 2 is 1.27 bits per heavy atom. The van der Waals surface area contributed by atoms with Crippen molar-refractivity contribution in [2.45, 2.75) is 40.2 Å². The number of hydrogen-bond donors (Lipinski definition) is 0. The summed E-state index contributed by atoms with van der Waals surface area (Å²) in [5.74, 6) is 0. The Bertz CT molecular complexity index is 795. The van der Waals surface area contributed by atoms with E-state index in [4.69, 9.17) is 0 Å². The van der Waals surface area contributed by atoms with Crippen LogP contribution in [0, 0.1) is 0 Å². The van der Waals surface area contributed by atoms with Crippen LogP contribution in [-0.4, -0.2) is 22.6 Å². The zero-order valence-electron chi connectivity index (χ0n) is 17.5. The van der Waals surface area contributed by atoms with Crippen molar-refractivity contribution in [1.82, 2.24) is 4.90 Å². The van der Waals surface area contributed by atoms with Crippen LogP contribution in [0.4, 0.5) is 0 Å². The lowest BCUT2D eigenvalue weighted by Crippen LogP contribution is -2.27. The summed E-state index contributed by atoms with van der Waals surface area (Å²) in [4.78, 5) is 5.28. The highest BCUT2D eigenvalue weighted by Gasteiger charge is 2.15. The van der Waals surface area contributed by atoms with E-state index in [1.54, 1.807) is 0 Å². The van der Waals surface area contributed by atoms with Crippen molar-refractivity contribution in [2.24, 2.45) is 0 Å². The van der Waals surface area contributed by atoms with Crippen molar-refractivity contribution in [3.8, 4) is 0 Å². The van der Waals surface area contributed by atoms with Crippen molar-refractivity contribution in [2.75, 3.05) is 13.1 Å². The van der Waals surface area contributed by atoms with Crippen LogP contribution in [0.1, 0.15) is 24.8 Å². The zero-order chi connectivity index (χ0) is 20.9. The second kappa shape index (κ2) is 13.4. The summed E-state index contributed by atoms with van der Waals surface area (Å²) in [6.45, 7) is 7.10. The van der Waals surface area contributed by atoms with Gasteiger partial charge in [0.2, 0.25) is 0 Å². The Labute approximate surface area is 190 Å². The molecule has 0 atom stereocenters. The maximum absolute atomic E-state index is 3.88. The second-order valence-corrected chi connectivity index (χ2v) is 10.1. The normalized spacial score (nSPS) is 11.1. The van der Waals surface area contributed by atoms with Gasteiger partial charge in [-0.1, -0.05) is 72.8 Å². The summed E-state index contributed by atoms with van der Waals surface area (Å²) in [5, 5.41) is 0. The fraction of sp³-hybridized carbons (Fsp3) is 0.259. The third kappa shape index (κ3) is 8.43. The molecule has 0 bridgehead atoms. The molecule has 0 heterocycles. The Morgan fingerprint density at radius 1 is 0.733 bits per heavy atom. The highest BCUT2D eigenvalue weighted by Crippen LogP contribution is 2.37. The topological polar surface area (TPSA) is 3.24 Å². The number of allylic oxidation sites excluding steroid dienone is 1. The summed E-state index contributed by atoms with van der Waals surface area (Å²) in [6, 6.07) is 32.4. The first-order valence-electron chi connectivity index (χ1n) is 10.6. The minimum absolute atomic E-state index is 0.479. The van der Waals surface area contributed by atoms with Gasteiger partial charge in [-0.2, -0.15) is 0 Å². The molecule has 3 aromatic rings. The molecule has 0 saturated carbocycles. The first kappa shape index (κ1) is 22.7. The van der Waals surface area contributed by atoms with Crippen molar-refractivity contribution in [3.05, 3.63) is 109 Å². The quantitative estimate of drug-likeness (QED) is 0.117. The largest absolute Gasteiger partial charge is 0.299 e. The van der Waals surface area contributed by atoms with Crippen LogP contribution in [0.5, 0.6) is 0 Å². The number of nitrogens with zero attached hydrogens (tertiary/aromatic N) is 1. The van der Waals surface area contributed by atoms with Gasteiger partial charge in [0, 0.05) is 22.9 Å². The molecule has 0 aliphatic heterocycles. The molecule has 0 radical (unpaired) electrons. The molecule has 0 N–H and O–H groups in total.